The summed E-state index contributed by atoms with van der Waals surface area (Å²) in [4.78, 5) is 4.27. The zero-order valence-corrected chi connectivity index (χ0v) is 25.1. The Morgan fingerprint density at radius 3 is 2.20 bits per heavy atom. The minimum atomic E-state index is -0.106. The molecule has 7 rings (SSSR count). The van der Waals surface area contributed by atoms with Crippen molar-refractivity contribution < 1.29 is 24.7 Å². The first kappa shape index (κ1) is 27.4. The van der Waals surface area contributed by atoms with Gasteiger partial charge in [-0.05, 0) is 51.2 Å². The van der Waals surface area contributed by atoms with E-state index in [4.69, 9.17) is 0 Å². The van der Waals surface area contributed by atoms with E-state index in [0.29, 0.717) is 0 Å². The molecule has 4 aromatic carbocycles. The molecule has 2 aromatic heterocycles. The van der Waals surface area contributed by atoms with Crippen LogP contribution in [0.4, 0.5) is 0 Å². The van der Waals surface area contributed by atoms with Gasteiger partial charge >= 0.3 is 20.1 Å². The molecular weight excluding hydrogens is 665 g/mol. The summed E-state index contributed by atoms with van der Waals surface area (Å²) in [6, 6.07) is 40.8. The molecule has 2 heterocycles. The quantitative estimate of drug-likeness (QED) is 0.131. The van der Waals surface area contributed by atoms with Crippen LogP contribution in [0.5, 0.6) is 0 Å². The van der Waals surface area contributed by atoms with Crippen LogP contribution < -0.4 is 4.57 Å². The van der Waals surface area contributed by atoms with Crippen molar-refractivity contribution in [3.05, 3.63) is 158 Å². The predicted octanol–water partition coefficient (Wildman–Crippen LogP) is 8.47. The van der Waals surface area contributed by atoms with Crippen LogP contribution in [0.15, 0.2) is 122 Å². The summed E-state index contributed by atoms with van der Waals surface area (Å²) < 4.78 is 1.99. The van der Waals surface area contributed by atoms with Crippen LogP contribution >= 0.6 is 0 Å². The van der Waals surface area contributed by atoms with Crippen LogP contribution in [-0.4, -0.2) is 4.98 Å². The van der Waals surface area contributed by atoms with Gasteiger partial charge in [0.15, 0.2) is 0 Å². The van der Waals surface area contributed by atoms with E-state index in [0.717, 1.165) is 28.1 Å². The van der Waals surface area contributed by atoms with Crippen molar-refractivity contribution in [3.63, 3.8) is 0 Å². The number of hydrogen-bond acceptors (Lipinski definition) is 1. The molecule has 196 valence electrons. The summed E-state index contributed by atoms with van der Waals surface area (Å²) in [6.45, 7) is 8.62. The summed E-state index contributed by atoms with van der Waals surface area (Å²) in [5, 5.41) is 2.63. The third kappa shape index (κ3) is 4.73. The number of nitrogens with zero attached hydrogens (tertiary/aromatic N) is 2. The number of fused-ring (bicyclic) bond motifs is 5. The SMILES string of the molecule is [CH2-][n+]1ccc2c(c1-c1[c-]cccc1)C(C)(C)c1c-2ccc2ccccc12.[CH2-]c1ccccc1-c1ccccn1.[Ir+3]. The van der Waals surface area contributed by atoms with Crippen LogP contribution in [0.3, 0.4) is 0 Å². The molecule has 0 fully saturated rings. The number of hydrogen-bond donors (Lipinski definition) is 0. The van der Waals surface area contributed by atoms with Crippen molar-refractivity contribution in [1.29, 1.82) is 0 Å². The average molecular weight is 695 g/mol. The first-order chi connectivity index (χ1) is 19.0. The van der Waals surface area contributed by atoms with E-state index in [2.05, 4.69) is 99.7 Å². The number of rotatable bonds is 2. The standard InChI is InChI=1S/C25H20N.C12H10N.Ir/c1-25(2)22-19-12-8-7-9-17(19)13-14-20(22)21-15-16-26(3)24(23(21)25)18-10-5-4-6-11-18;1-10-6-2-3-7-11(10)12-8-4-5-9-13-12;/h4-10,12-16H,3H2,1-2H3;2-9H,1H2;/q2*-1;+3. The van der Waals surface area contributed by atoms with Gasteiger partial charge < -0.3 is 4.57 Å². The molecule has 0 saturated heterocycles. The molecule has 0 saturated carbocycles. The largest absolute Gasteiger partial charge is 3.00 e. The van der Waals surface area contributed by atoms with Crippen LogP contribution in [-0.2, 0) is 25.5 Å². The Labute approximate surface area is 250 Å². The van der Waals surface area contributed by atoms with Crippen LogP contribution in [0.1, 0.15) is 30.5 Å². The van der Waals surface area contributed by atoms with Crippen molar-refractivity contribution in [2.75, 3.05) is 0 Å². The molecule has 3 heteroatoms. The minimum Gasteiger partial charge on any atom is -0.321 e. The monoisotopic (exact) mass is 695 g/mol. The van der Waals surface area contributed by atoms with Gasteiger partial charge in [0, 0.05) is 24.4 Å². The maximum absolute atomic E-state index is 4.27. The van der Waals surface area contributed by atoms with Crippen molar-refractivity contribution in [3.8, 4) is 33.6 Å². The van der Waals surface area contributed by atoms with Gasteiger partial charge in [-0.1, -0.05) is 67.9 Å². The average Bonchev–Trinajstić information content (AvgIpc) is 3.21. The van der Waals surface area contributed by atoms with E-state index >= 15 is 0 Å². The van der Waals surface area contributed by atoms with Gasteiger partial charge in [-0.15, -0.1) is 48.0 Å². The van der Waals surface area contributed by atoms with Gasteiger partial charge in [0.2, 0.25) is 0 Å². The Morgan fingerprint density at radius 1 is 0.725 bits per heavy atom. The summed E-state index contributed by atoms with van der Waals surface area (Å²) >= 11 is 0. The number of benzene rings is 4. The Morgan fingerprint density at radius 2 is 1.45 bits per heavy atom. The molecule has 40 heavy (non-hydrogen) atoms. The topological polar surface area (TPSA) is 16.8 Å². The molecule has 0 aliphatic heterocycles. The smallest absolute Gasteiger partial charge is 0.321 e. The van der Waals surface area contributed by atoms with E-state index in [1.165, 1.54) is 33.0 Å². The Bertz CT molecular complexity index is 1790. The Balaban J connectivity index is 0.000000195. The molecular formula is C37H30IrN2+. The molecule has 2 nitrogen and oxygen atoms in total. The summed E-state index contributed by atoms with van der Waals surface area (Å²) in [7, 11) is 4.26. The van der Waals surface area contributed by atoms with E-state index in [1.54, 1.807) is 6.20 Å². The van der Waals surface area contributed by atoms with Gasteiger partial charge in [0.05, 0.1) is 6.20 Å². The molecule has 0 atom stereocenters. The Hall–Kier alpha value is -4.17. The minimum absolute atomic E-state index is 0. The molecule has 1 aliphatic rings. The maximum atomic E-state index is 4.27. The first-order valence-corrected chi connectivity index (χ1v) is 13.2. The first-order valence-electron chi connectivity index (χ1n) is 13.2. The van der Waals surface area contributed by atoms with Crippen LogP contribution in [0, 0.1) is 20.0 Å². The Kier molecular flexibility index (Phi) is 7.63. The van der Waals surface area contributed by atoms with Crippen LogP contribution in [0.2, 0.25) is 0 Å². The van der Waals surface area contributed by atoms with Gasteiger partial charge in [-0.3, -0.25) is 4.98 Å². The second-order valence-corrected chi connectivity index (χ2v) is 10.4. The molecule has 0 radical (unpaired) electrons. The number of aromatic nitrogens is 2. The van der Waals surface area contributed by atoms with E-state index in [1.807, 2.05) is 59.2 Å². The normalized spacial score (nSPS) is 12.4. The number of pyridine rings is 2. The second kappa shape index (κ2) is 11.1. The molecule has 0 bridgehead atoms. The van der Waals surface area contributed by atoms with Crippen LogP contribution in [0.25, 0.3) is 44.4 Å². The zero-order chi connectivity index (χ0) is 27.0. The second-order valence-electron chi connectivity index (χ2n) is 10.4. The molecule has 0 spiro atoms. The van der Waals surface area contributed by atoms with Crippen molar-refractivity contribution in [1.82, 2.24) is 4.98 Å². The molecule has 0 N–H and O–H groups in total. The van der Waals surface area contributed by atoms with E-state index in [9.17, 15) is 0 Å². The van der Waals surface area contributed by atoms with Gasteiger partial charge in [0.1, 0.15) is 5.69 Å². The fourth-order valence-electron chi connectivity index (χ4n) is 5.87. The fourth-order valence-corrected chi connectivity index (χ4v) is 5.87. The van der Waals surface area contributed by atoms with Crippen molar-refractivity contribution in [2.45, 2.75) is 19.3 Å². The third-order valence-corrected chi connectivity index (χ3v) is 7.61. The molecule has 6 aromatic rings. The van der Waals surface area contributed by atoms with Gasteiger partial charge in [0.25, 0.3) is 0 Å². The summed E-state index contributed by atoms with van der Waals surface area (Å²) in [5.74, 6) is 0. The molecule has 1 aliphatic carbocycles. The fraction of sp³-hybridized carbons (Fsp3) is 0.0811. The molecule has 0 amide bonds. The van der Waals surface area contributed by atoms with E-state index < -0.39 is 0 Å². The van der Waals surface area contributed by atoms with Crippen molar-refractivity contribution in [2.24, 2.45) is 0 Å². The predicted molar refractivity (Wildman–Crippen MR) is 161 cm³/mol. The zero-order valence-electron chi connectivity index (χ0n) is 22.7. The van der Waals surface area contributed by atoms with E-state index in [-0.39, 0.29) is 25.5 Å². The maximum Gasteiger partial charge on any atom is 3.00 e. The third-order valence-electron chi connectivity index (χ3n) is 7.61. The van der Waals surface area contributed by atoms with Gasteiger partial charge in [-0.2, -0.15) is 18.6 Å². The summed E-state index contributed by atoms with van der Waals surface area (Å²) in [6.07, 6.45) is 3.86. The van der Waals surface area contributed by atoms with Gasteiger partial charge in [-0.25, -0.2) is 0 Å². The summed E-state index contributed by atoms with van der Waals surface area (Å²) in [5.41, 5.74) is 10.6. The molecule has 0 unspecified atom stereocenters. The van der Waals surface area contributed by atoms with Crippen molar-refractivity contribution >= 4 is 10.8 Å².